The molecule has 16 heavy (non-hydrogen) atoms. The van der Waals surface area contributed by atoms with E-state index >= 15 is 0 Å². The van der Waals surface area contributed by atoms with Crippen LogP contribution in [0.5, 0.6) is 0 Å². The first-order valence-corrected chi connectivity index (χ1v) is 5.93. The molecule has 1 atom stereocenters. The van der Waals surface area contributed by atoms with E-state index in [1.165, 1.54) is 25.1 Å². The van der Waals surface area contributed by atoms with Crippen molar-refractivity contribution in [3.63, 3.8) is 0 Å². The third-order valence-electron chi connectivity index (χ3n) is 3.28. The molecule has 0 saturated carbocycles. The zero-order valence-electron chi connectivity index (χ0n) is 10.2. The van der Waals surface area contributed by atoms with Crippen LogP contribution in [0.3, 0.4) is 0 Å². The molecule has 0 aliphatic carbocycles. The van der Waals surface area contributed by atoms with E-state index in [4.69, 9.17) is 5.73 Å². The maximum atomic E-state index is 5.96. The molecule has 2 rings (SSSR count). The molecular weight excluding hydrogens is 198 g/mol. The molecule has 3 N–H and O–H groups in total. The molecule has 1 aromatic carbocycles. The van der Waals surface area contributed by atoms with Crippen LogP contribution in [0.1, 0.15) is 12.0 Å². The number of aryl methyl sites for hydroxylation is 1. The van der Waals surface area contributed by atoms with E-state index in [0.29, 0.717) is 0 Å². The minimum atomic E-state index is 0.755. The molecule has 0 bridgehead atoms. The largest absolute Gasteiger partial charge is 0.397 e. The van der Waals surface area contributed by atoms with E-state index in [2.05, 4.69) is 36.3 Å². The lowest BCUT2D eigenvalue weighted by Crippen LogP contribution is -2.19. The first-order chi connectivity index (χ1) is 7.65. The Kier molecular flexibility index (Phi) is 3.34. The second-order valence-corrected chi connectivity index (χ2v) is 4.89. The summed E-state index contributed by atoms with van der Waals surface area (Å²) in [6.07, 6.45) is 1.29. The Morgan fingerprint density at radius 3 is 2.94 bits per heavy atom. The maximum absolute atomic E-state index is 5.96. The molecule has 1 aliphatic heterocycles. The van der Waals surface area contributed by atoms with E-state index in [1.807, 2.05) is 6.07 Å². The zero-order valence-corrected chi connectivity index (χ0v) is 10.2. The fourth-order valence-corrected chi connectivity index (χ4v) is 2.29. The maximum Gasteiger partial charge on any atom is 0.0574 e. The molecule has 3 heteroatoms. The Bertz CT molecular complexity index is 362. The summed E-state index contributed by atoms with van der Waals surface area (Å²) in [5.41, 5.74) is 9.09. The summed E-state index contributed by atoms with van der Waals surface area (Å²) in [4.78, 5) is 2.38. The van der Waals surface area contributed by atoms with E-state index in [-0.39, 0.29) is 0 Å². The van der Waals surface area contributed by atoms with Crippen molar-refractivity contribution in [1.29, 1.82) is 0 Å². The summed E-state index contributed by atoms with van der Waals surface area (Å²) in [6.45, 7) is 5.50. The van der Waals surface area contributed by atoms with Crippen LogP contribution in [-0.4, -0.2) is 31.6 Å². The number of nitrogen functional groups attached to an aromatic ring is 1. The Morgan fingerprint density at radius 1 is 1.50 bits per heavy atom. The minimum absolute atomic E-state index is 0.755. The average molecular weight is 219 g/mol. The van der Waals surface area contributed by atoms with Gasteiger partial charge in [-0.2, -0.15) is 0 Å². The van der Waals surface area contributed by atoms with E-state index < -0.39 is 0 Å². The molecule has 1 aromatic rings. The fraction of sp³-hybridized carbons (Fsp3) is 0.538. The number of rotatable bonds is 3. The van der Waals surface area contributed by atoms with Crippen LogP contribution in [-0.2, 0) is 0 Å². The highest BCUT2D eigenvalue weighted by Gasteiger charge is 2.18. The van der Waals surface area contributed by atoms with Gasteiger partial charge in [-0.05, 0) is 50.6 Å². The number of likely N-dealkylation sites (tertiary alicyclic amines) is 1. The van der Waals surface area contributed by atoms with Crippen LogP contribution in [0.2, 0.25) is 0 Å². The molecule has 1 aliphatic rings. The summed E-state index contributed by atoms with van der Waals surface area (Å²) >= 11 is 0. The quantitative estimate of drug-likeness (QED) is 0.763. The Hall–Kier alpha value is -1.22. The third kappa shape index (κ3) is 2.67. The van der Waals surface area contributed by atoms with Gasteiger partial charge in [-0.3, -0.25) is 0 Å². The minimum Gasteiger partial charge on any atom is -0.397 e. The first-order valence-electron chi connectivity index (χ1n) is 5.93. The summed E-state index contributed by atoms with van der Waals surface area (Å²) in [5, 5.41) is 3.45. The van der Waals surface area contributed by atoms with Crippen molar-refractivity contribution in [3.05, 3.63) is 23.8 Å². The SMILES string of the molecule is Cc1ccc(NCC2CCN(C)C2)c(N)c1. The van der Waals surface area contributed by atoms with Crippen LogP contribution in [0.4, 0.5) is 11.4 Å². The predicted octanol–water partition coefficient (Wildman–Crippen LogP) is 1.94. The number of hydrogen-bond acceptors (Lipinski definition) is 3. The summed E-state index contributed by atoms with van der Waals surface area (Å²) in [7, 11) is 2.18. The highest BCUT2D eigenvalue weighted by atomic mass is 15.1. The van der Waals surface area contributed by atoms with Crippen LogP contribution in [0.25, 0.3) is 0 Å². The van der Waals surface area contributed by atoms with Gasteiger partial charge in [0.15, 0.2) is 0 Å². The molecule has 0 radical (unpaired) electrons. The van der Waals surface area contributed by atoms with Crippen molar-refractivity contribution in [3.8, 4) is 0 Å². The molecule has 1 heterocycles. The lowest BCUT2D eigenvalue weighted by Gasteiger charge is -2.14. The third-order valence-corrected chi connectivity index (χ3v) is 3.28. The monoisotopic (exact) mass is 219 g/mol. The van der Waals surface area contributed by atoms with Crippen LogP contribution in [0.15, 0.2) is 18.2 Å². The number of anilines is 2. The van der Waals surface area contributed by atoms with Gasteiger partial charge in [0, 0.05) is 13.1 Å². The topological polar surface area (TPSA) is 41.3 Å². The molecule has 3 nitrogen and oxygen atoms in total. The van der Waals surface area contributed by atoms with Gasteiger partial charge in [-0.1, -0.05) is 6.07 Å². The van der Waals surface area contributed by atoms with Gasteiger partial charge >= 0.3 is 0 Å². The Morgan fingerprint density at radius 2 is 2.31 bits per heavy atom. The lowest BCUT2D eigenvalue weighted by molar-refractivity contribution is 0.399. The lowest BCUT2D eigenvalue weighted by atomic mass is 10.1. The summed E-state index contributed by atoms with van der Waals surface area (Å²) < 4.78 is 0. The number of nitrogens with one attached hydrogen (secondary N) is 1. The van der Waals surface area contributed by atoms with Crippen molar-refractivity contribution in [2.24, 2.45) is 5.92 Å². The van der Waals surface area contributed by atoms with Crippen LogP contribution >= 0.6 is 0 Å². The molecule has 1 unspecified atom stereocenters. The van der Waals surface area contributed by atoms with E-state index in [9.17, 15) is 0 Å². The highest BCUT2D eigenvalue weighted by Crippen LogP contribution is 2.21. The van der Waals surface area contributed by atoms with Crippen LogP contribution in [0, 0.1) is 12.8 Å². The Labute approximate surface area is 97.6 Å². The van der Waals surface area contributed by atoms with Crippen LogP contribution < -0.4 is 11.1 Å². The smallest absolute Gasteiger partial charge is 0.0574 e. The van der Waals surface area contributed by atoms with Crippen molar-refractivity contribution < 1.29 is 0 Å². The number of benzene rings is 1. The summed E-state index contributed by atoms with van der Waals surface area (Å²) in [6, 6.07) is 6.19. The second kappa shape index (κ2) is 4.74. The average Bonchev–Trinajstić information content (AvgIpc) is 2.63. The molecule has 1 fully saturated rings. The molecule has 0 aromatic heterocycles. The number of nitrogens with two attached hydrogens (primary N) is 1. The van der Waals surface area contributed by atoms with Crippen molar-refractivity contribution >= 4 is 11.4 Å². The standard InChI is InChI=1S/C13H21N3/c1-10-3-4-13(12(14)7-10)15-8-11-5-6-16(2)9-11/h3-4,7,11,15H,5-6,8-9,14H2,1-2H3. The van der Waals surface area contributed by atoms with E-state index in [1.54, 1.807) is 0 Å². The van der Waals surface area contributed by atoms with Gasteiger partial charge in [0.2, 0.25) is 0 Å². The number of hydrogen-bond donors (Lipinski definition) is 2. The fourth-order valence-electron chi connectivity index (χ4n) is 2.29. The van der Waals surface area contributed by atoms with Gasteiger partial charge in [0.05, 0.1) is 11.4 Å². The van der Waals surface area contributed by atoms with Crippen molar-refractivity contribution in [2.75, 3.05) is 37.7 Å². The molecule has 88 valence electrons. The molecule has 0 spiro atoms. The summed E-state index contributed by atoms with van der Waals surface area (Å²) in [5.74, 6) is 0.755. The number of nitrogens with zero attached hydrogens (tertiary/aromatic N) is 1. The Balaban J connectivity index is 1.89. The predicted molar refractivity (Wildman–Crippen MR) is 69.7 cm³/mol. The van der Waals surface area contributed by atoms with Gasteiger partial charge in [0.1, 0.15) is 0 Å². The van der Waals surface area contributed by atoms with Gasteiger partial charge in [0.25, 0.3) is 0 Å². The highest BCUT2D eigenvalue weighted by molar-refractivity contribution is 5.66. The van der Waals surface area contributed by atoms with Crippen molar-refractivity contribution in [2.45, 2.75) is 13.3 Å². The van der Waals surface area contributed by atoms with Gasteiger partial charge in [-0.15, -0.1) is 0 Å². The molecular formula is C13H21N3. The second-order valence-electron chi connectivity index (χ2n) is 4.89. The molecule has 1 saturated heterocycles. The normalized spacial score (nSPS) is 21.2. The van der Waals surface area contributed by atoms with Crippen molar-refractivity contribution in [1.82, 2.24) is 4.90 Å². The van der Waals surface area contributed by atoms with Gasteiger partial charge < -0.3 is 16.0 Å². The van der Waals surface area contributed by atoms with E-state index in [0.717, 1.165) is 23.8 Å². The van der Waals surface area contributed by atoms with Gasteiger partial charge in [-0.25, -0.2) is 0 Å². The first kappa shape index (κ1) is 11.3. The molecule has 0 amide bonds. The zero-order chi connectivity index (χ0) is 11.5.